The zero-order chi connectivity index (χ0) is 37.8. The average Bonchev–Trinajstić information content (AvgIpc) is 3.70. The molecule has 0 aliphatic carbocycles. The summed E-state index contributed by atoms with van der Waals surface area (Å²) in [4.78, 5) is 0. The summed E-state index contributed by atoms with van der Waals surface area (Å²) in [6.45, 7) is 9.94. The highest BCUT2D eigenvalue weighted by atomic mass is 32.2. The molecule has 0 aromatic heterocycles. The summed E-state index contributed by atoms with van der Waals surface area (Å²) in [5.74, 6) is -0.262. The van der Waals surface area contributed by atoms with Crippen LogP contribution in [-0.4, -0.2) is 60.4 Å². The molecule has 4 aromatic rings. The van der Waals surface area contributed by atoms with Gasteiger partial charge in [0.25, 0.3) is 10.1 Å². The molecule has 1 fully saturated rings. The van der Waals surface area contributed by atoms with Crippen molar-refractivity contribution in [3.05, 3.63) is 132 Å². The van der Waals surface area contributed by atoms with Crippen molar-refractivity contribution in [3.8, 4) is 0 Å². The van der Waals surface area contributed by atoms with Crippen molar-refractivity contribution in [2.45, 2.75) is 69.6 Å². The van der Waals surface area contributed by atoms with E-state index in [0.717, 1.165) is 44.5 Å². The Labute approximate surface area is 313 Å². The van der Waals surface area contributed by atoms with Crippen LogP contribution in [0.2, 0.25) is 0 Å². The van der Waals surface area contributed by atoms with Crippen molar-refractivity contribution >= 4 is 58.9 Å². The molecule has 2 unspecified atom stereocenters. The molecule has 3 aliphatic heterocycles. The predicted octanol–water partition coefficient (Wildman–Crippen LogP) is 8.90. The number of benzene rings is 4. The van der Waals surface area contributed by atoms with Crippen molar-refractivity contribution in [2.75, 3.05) is 18.8 Å². The normalized spacial score (nSPS) is 23.2. The van der Waals surface area contributed by atoms with Gasteiger partial charge in [0.1, 0.15) is 17.9 Å². The molecule has 0 saturated carbocycles. The van der Waals surface area contributed by atoms with Crippen LogP contribution in [-0.2, 0) is 31.1 Å². The van der Waals surface area contributed by atoms with Crippen LogP contribution in [0.3, 0.4) is 0 Å². The third-order valence-corrected chi connectivity index (χ3v) is 13.7. The van der Waals surface area contributed by atoms with Gasteiger partial charge in [-0.2, -0.15) is 21.4 Å². The quantitative estimate of drug-likeness (QED) is 0.0551. The van der Waals surface area contributed by atoms with Crippen molar-refractivity contribution in [1.82, 2.24) is 4.48 Å². The standard InChI is InChI=1S/C43H46N2O6S2/c1-42(2)37(44(28-14-15-30-52(46,47)48)35-26-24-31-17-10-12-19-33(31)40(35)42)21-8-6-5-7-9-22-38-43(3,4)41-34-20-13-11-18-32(34)25-27-36(41)45(38)29-16-23-39(45)53(49,50)51/h5-13,17-22,24-27,39H,14-16,23,28-30H2,1-4H3/p+2/b6-5+,9-7+,21-8+,38-22+. The molecular formula is C43H48N2O6S2+2. The maximum absolute atomic E-state index is 12.9. The van der Waals surface area contributed by atoms with Gasteiger partial charge in [0, 0.05) is 48.6 Å². The summed E-state index contributed by atoms with van der Waals surface area (Å²) in [6.07, 6.45) is 16.0. The van der Waals surface area contributed by atoms with E-state index < -0.39 is 31.0 Å². The van der Waals surface area contributed by atoms with Crippen LogP contribution >= 0.6 is 0 Å². The fourth-order valence-corrected chi connectivity index (χ4v) is 11.3. The number of fused-ring (bicyclic) bond motifs is 7. The number of hydrogen-bond donors (Lipinski definition) is 2. The van der Waals surface area contributed by atoms with Crippen LogP contribution in [0.15, 0.2) is 121 Å². The van der Waals surface area contributed by atoms with Crippen LogP contribution < -0.4 is 4.48 Å². The van der Waals surface area contributed by atoms with E-state index in [9.17, 15) is 25.9 Å². The van der Waals surface area contributed by atoms with E-state index >= 15 is 0 Å². The van der Waals surface area contributed by atoms with E-state index in [2.05, 4.69) is 92.9 Å². The van der Waals surface area contributed by atoms with Gasteiger partial charge in [0.05, 0.1) is 23.1 Å². The minimum Gasteiger partial charge on any atom is -0.286 e. The van der Waals surface area contributed by atoms with E-state index in [0.29, 0.717) is 38.8 Å². The molecule has 3 heterocycles. The fraction of sp³-hybridized carbons (Fsp3) is 0.326. The lowest BCUT2D eigenvalue weighted by atomic mass is 9.79. The van der Waals surface area contributed by atoms with E-state index in [1.165, 1.54) is 10.9 Å². The molecule has 0 radical (unpaired) electrons. The first-order valence-electron chi connectivity index (χ1n) is 18.3. The zero-order valence-corrected chi connectivity index (χ0v) is 32.4. The lowest BCUT2D eigenvalue weighted by molar-refractivity contribution is -0.438. The van der Waals surface area contributed by atoms with E-state index in [1.807, 2.05) is 54.7 Å². The first-order chi connectivity index (χ1) is 25.1. The monoisotopic (exact) mass is 752 g/mol. The summed E-state index contributed by atoms with van der Waals surface area (Å²) in [5.41, 5.74) is 5.61. The first kappa shape index (κ1) is 37.1. The molecule has 10 heteroatoms. The minimum atomic E-state index is -4.34. The molecule has 7 rings (SSSR count). The highest BCUT2D eigenvalue weighted by molar-refractivity contribution is 7.86. The Bertz CT molecular complexity index is 2510. The lowest BCUT2D eigenvalue weighted by Gasteiger charge is -2.37. The third-order valence-electron chi connectivity index (χ3n) is 11.6. The van der Waals surface area contributed by atoms with Crippen molar-refractivity contribution < 1.29 is 30.5 Å². The summed E-state index contributed by atoms with van der Waals surface area (Å²) >= 11 is 0. The first-order valence-corrected chi connectivity index (χ1v) is 21.4. The van der Waals surface area contributed by atoms with Gasteiger partial charge in [-0.1, -0.05) is 78.9 Å². The largest absolute Gasteiger partial charge is 0.320 e. The summed E-state index contributed by atoms with van der Waals surface area (Å²) in [7, 11) is -8.36. The Balaban J connectivity index is 1.21. The van der Waals surface area contributed by atoms with Gasteiger partial charge in [-0.15, -0.1) is 0 Å². The average molecular weight is 753 g/mol. The maximum atomic E-state index is 12.9. The maximum Gasteiger partial charge on any atom is 0.320 e. The summed E-state index contributed by atoms with van der Waals surface area (Å²) < 4.78 is 70.8. The highest BCUT2D eigenvalue weighted by Gasteiger charge is 2.63. The van der Waals surface area contributed by atoms with Crippen molar-refractivity contribution in [3.63, 3.8) is 0 Å². The molecule has 0 amide bonds. The molecule has 53 heavy (non-hydrogen) atoms. The molecule has 1 spiro atoms. The number of quaternary nitrogens is 1. The molecule has 2 N–H and O–H groups in total. The van der Waals surface area contributed by atoms with Gasteiger partial charge in [-0.25, -0.2) is 4.48 Å². The second-order valence-electron chi connectivity index (χ2n) is 15.5. The molecule has 276 valence electrons. The molecule has 1 saturated heterocycles. The van der Waals surface area contributed by atoms with E-state index in [1.54, 1.807) is 0 Å². The Morgan fingerprint density at radius 2 is 1.38 bits per heavy atom. The second-order valence-corrected chi connectivity index (χ2v) is 18.7. The predicted molar refractivity (Wildman–Crippen MR) is 216 cm³/mol. The molecule has 3 aliphatic rings. The Morgan fingerprint density at radius 1 is 0.755 bits per heavy atom. The van der Waals surface area contributed by atoms with Gasteiger partial charge >= 0.3 is 10.1 Å². The van der Waals surface area contributed by atoms with E-state index in [-0.39, 0.29) is 15.7 Å². The van der Waals surface area contributed by atoms with Crippen LogP contribution in [0.5, 0.6) is 0 Å². The molecule has 0 bridgehead atoms. The Kier molecular flexibility index (Phi) is 9.52. The number of hydrogen-bond acceptors (Lipinski definition) is 4. The van der Waals surface area contributed by atoms with Gasteiger partial charge < -0.3 is 0 Å². The number of rotatable bonds is 10. The SMILES string of the molecule is CC1(C)C(/C=C/C=C/C=C/C=C2\C(C)(C)c3c(ccc4ccccc34)[N+]23CCCC3S(=O)(=O)O)=[N+](CCCCS(=O)(=O)O)c2ccc3ccccc3c21. The van der Waals surface area contributed by atoms with Gasteiger partial charge in [0.2, 0.25) is 11.1 Å². The van der Waals surface area contributed by atoms with Crippen LogP contribution in [0.25, 0.3) is 21.5 Å². The molecule has 8 nitrogen and oxygen atoms in total. The lowest BCUT2D eigenvalue weighted by Crippen LogP contribution is -2.55. The smallest absolute Gasteiger partial charge is 0.286 e. The summed E-state index contributed by atoms with van der Waals surface area (Å²) in [6, 6.07) is 24.9. The molecule has 4 aromatic carbocycles. The second kappa shape index (κ2) is 13.6. The minimum absolute atomic E-state index is 0.114. The van der Waals surface area contributed by atoms with Gasteiger partial charge in [-0.05, 0) is 73.9 Å². The zero-order valence-electron chi connectivity index (χ0n) is 30.7. The fourth-order valence-electron chi connectivity index (χ4n) is 9.47. The van der Waals surface area contributed by atoms with Crippen LogP contribution in [0.4, 0.5) is 11.4 Å². The van der Waals surface area contributed by atoms with E-state index in [4.69, 9.17) is 0 Å². The van der Waals surface area contributed by atoms with Crippen molar-refractivity contribution in [2.24, 2.45) is 0 Å². The highest BCUT2D eigenvalue weighted by Crippen LogP contribution is 2.59. The number of nitrogens with zero attached hydrogens (tertiary/aromatic N) is 2. The molecule has 2 atom stereocenters. The number of allylic oxidation sites excluding steroid dienone is 8. The topological polar surface area (TPSA) is 112 Å². The summed E-state index contributed by atoms with van der Waals surface area (Å²) in [5, 5.41) is 3.58. The Hall–Kier alpha value is -4.19. The van der Waals surface area contributed by atoms with Crippen molar-refractivity contribution in [1.29, 1.82) is 0 Å². The van der Waals surface area contributed by atoms with Gasteiger partial charge in [-0.3, -0.25) is 9.11 Å². The van der Waals surface area contributed by atoms with Crippen LogP contribution in [0, 0.1) is 0 Å². The number of unbranched alkanes of at least 4 members (excludes halogenated alkanes) is 1. The van der Waals surface area contributed by atoms with Gasteiger partial charge in [0.15, 0.2) is 5.71 Å². The Morgan fingerprint density at radius 3 is 2.06 bits per heavy atom. The third kappa shape index (κ3) is 6.44. The van der Waals surface area contributed by atoms with Crippen LogP contribution in [0.1, 0.15) is 64.5 Å². The molecular weight excluding hydrogens is 705 g/mol.